The summed E-state index contributed by atoms with van der Waals surface area (Å²) in [5, 5.41) is 0. The second-order valence-corrected chi connectivity index (χ2v) is 6.25. The number of unbranched alkanes of at least 4 members (excludes halogenated alkanes) is 1. The second-order valence-electron chi connectivity index (χ2n) is 6.25. The van der Waals surface area contributed by atoms with Crippen LogP contribution in [0.4, 0.5) is 0 Å². The molecule has 1 heterocycles. The first kappa shape index (κ1) is 17.5. The van der Waals surface area contributed by atoms with Gasteiger partial charge in [0.05, 0.1) is 19.8 Å². The number of carbonyl (C=O) groups excluding carboxylic acids is 1. The van der Waals surface area contributed by atoms with Crippen molar-refractivity contribution in [2.24, 2.45) is 0 Å². The van der Waals surface area contributed by atoms with Gasteiger partial charge in [-0.15, -0.1) is 0 Å². The predicted octanol–water partition coefficient (Wildman–Crippen LogP) is 4.08. The number of hydrogen-bond acceptors (Lipinski definition) is 3. The van der Waals surface area contributed by atoms with Crippen LogP contribution in [0.1, 0.15) is 41.8 Å². The van der Waals surface area contributed by atoms with E-state index >= 15 is 0 Å². The molecular formula is C21H25NO3. The van der Waals surface area contributed by atoms with E-state index in [0.29, 0.717) is 31.9 Å². The van der Waals surface area contributed by atoms with Crippen LogP contribution in [0.15, 0.2) is 54.6 Å². The number of carbonyl (C=O) groups is 1. The fraction of sp³-hybridized carbons (Fsp3) is 0.381. The normalized spacial score (nSPS) is 17.3. The minimum absolute atomic E-state index is 0.0457. The maximum atomic E-state index is 12.8. The third-order valence-corrected chi connectivity index (χ3v) is 4.39. The zero-order valence-electron chi connectivity index (χ0n) is 14.7. The van der Waals surface area contributed by atoms with Gasteiger partial charge in [0.25, 0.3) is 5.91 Å². The van der Waals surface area contributed by atoms with Crippen LogP contribution >= 0.6 is 0 Å². The summed E-state index contributed by atoms with van der Waals surface area (Å²) in [4.78, 5) is 14.6. The van der Waals surface area contributed by atoms with Crippen molar-refractivity contribution in [2.75, 3.05) is 26.3 Å². The molecule has 0 aliphatic carbocycles. The topological polar surface area (TPSA) is 38.8 Å². The highest BCUT2D eigenvalue weighted by Crippen LogP contribution is 2.23. The van der Waals surface area contributed by atoms with Gasteiger partial charge in [0, 0.05) is 12.1 Å². The van der Waals surface area contributed by atoms with Gasteiger partial charge in [-0.2, -0.15) is 0 Å². The predicted molar refractivity (Wildman–Crippen MR) is 97.9 cm³/mol. The summed E-state index contributed by atoms with van der Waals surface area (Å²) >= 11 is 0. The Morgan fingerprint density at radius 1 is 1.16 bits per heavy atom. The largest absolute Gasteiger partial charge is 0.494 e. The first-order valence-electron chi connectivity index (χ1n) is 8.96. The monoisotopic (exact) mass is 339 g/mol. The van der Waals surface area contributed by atoms with Crippen molar-refractivity contribution < 1.29 is 14.3 Å². The quantitative estimate of drug-likeness (QED) is 0.745. The van der Waals surface area contributed by atoms with E-state index in [1.165, 1.54) is 0 Å². The first-order valence-corrected chi connectivity index (χ1v) is 8.96. The van der Waals surface area contributed by atoms with Crippen LogP contribution in [0.5, 0.6) is 5.75 Å². The summed E-state index contributed by atoms with van der Waals surface area (Å²) < 4.78 is 11.5. The molecule has 1 saturated heterocycles. The van der Waals surface area contributed by atoms with Gasteiger partial charge in [-0.3, -0.25) is 4.79 Å². The Labute approximate surface area is 149 Å². The molecule has 1 amide bonds. The molecule has 132 valence electrons. The molecule has 0 radical (unpaired) electrons. The third kappa shape index (κ3) is 4.60. The van der Waals surface area contributed by atoms with Crippen LogP contribution in [0.3, 0.4) is 0 Å². The van der Waals surface area contributed by atoms with Crippen molar-refractivity contribution in [1.29, 1.82) is 0 Å². The Balaban J connectivity index is 1.62. The molecule has 2 aromatic carbocycles. The molecule has 0 saturated carbocycles. The van der Waals surface area contributed by atoms with E-state index in [0.717, 1.165) is 24.2 Å². The average molecular weight is 339 g/mol. The van der Waals surface area contributed by atoms with Crippen LogP contribution in [0.2, 0.25) is 0 Å². The van der Waals surface area contributed by atoms with Gasteiger partial charge < -0.3 is 14.4 Å². The standard InChI is InChI=1S/C21H25NO3/c1-2-3-14-24-19-11-9-18(10-12-19)21(23)22-13-15-25-20(16-22)17-7-5-4-6-8-17/h4-12,20H,2-3,13-16H2,1H3/t20-/m1/s1. The number of amides is 1. The number of morpholine rings is 1. The van der Waals surface area contributed by atoms with E-state index in [1.54, 1.807) is 0 Å². The average Bonchev–Trinajstić information content (AvgIpc) is 2.69. The molecule has 0 N–H and O–H groups in total. The van der Waals surface area contributed by atoms with E-state index in [2.05, 4.69) is 6.92 Å². The zero-order valence-corrected chi connectivity index (χ0v) is 14.7. The SMILES string of the molecule is CCCCOc1ccc(C(=O)N2CCO[C@@H](c3ccccc3)C2)cc1. The Hall–Kier alpha value is -2.33. The number of rotatable bonds is 6. The number of hydrogen-bond donors (Lipinski definition) is 0. The van der Waals surface area contributed by atoms with Crippen molar-refractivity contribution in [1.82, 2.24) is 4.90 Å². The number of nitrogens with zero attached hydrogens (tertiary/aromatic N) is 1. The lowest BCUT2D eigenvalue weighted by Crippen LogP contribution is -2.42. The second kappa shape index (κ2) is 8.67. The lowest BCUT2D eigenvalue weighted by molar-refractivity contribution is -0.0228. The first-order chi connectivity index (χ1) is 12.3. The molecule has 0 unspecified atom stereocenters. The van der Waals surface area contributed by atoms with Gasteiger partial charge in [0.1, 0.15) is 11.9 Å². The van der Waals surface area contributed by atoms with E-state index < -0.39 is 0 Å². The van der Waals surface area contributed by atoms with E-state index in [1.807, 2.05) is 59.5 Å². The number of benzene rings is 2. The molecule has 0 aromatic heterocycles. The molecule has 0 spiro atoms. The van der Waals surface area contributed by atoms with Gasteiger partial charge in [-0.1, -0.05) is 43.7 Å². The molecule has 1 aliphatic heterocycles. The summed E-state index contributed by atoms with van der Waals surface area (Å²) in [6.45, 7) is 4.61. The smallest absolute Gasteiger partial charge is 0.254 e. The highest BCUT2D eigenvalue weighted by Gasteiger charge is 2.26. The lowest BCUT2D eigenvalue weighted by Gasteiger charge is -2.33. The fourth-order valence-corrected chi connectivity index (χ4v) is 2.91. The summed E-state index contributed by atoms with van der Waals surface area (Å²) in [7, 11) is 0. The van der Waals surface area contributed by atoms with Crippen LogP contribution in [-0.2, 0) is 4.74 Å². The van der Waals surface area contributed by atoms with E-state index in [9.17, 15) is 4.79 Å². The molecule has 25 heavy (non-hydrogen) atoms. The maximum absolute atomic E-state index is 12.8. The molecular weight excluding hydrogens is 314 g/mol. The molecule has 0 bridgehead atoms. The highest BCUT2D eigenvalue weighted by molar-refractivity contribution is 5.94. The van der Waals surface area contributed by atoms with Gasteiger partial charge in [0.15, 0.2) is 0 Å². The Bertz CT molecular complexity index is 669. The third-order valence-electron chi connectivity index (χ3n) is 4.39. The van der Waals surface area contributed by atoms with Crippen LogP contribution < -0.4 is 4.74 Å². The van der Waals surface area contributed by atoms with Crippen molar-refractivity contribution in [3.8, 4) is 5.75 Å². The van der Waals surface area contributed by atoms with Gasteiger partial charge in [0.2, 0.25) is 0 Å². The van der Waals surface area contributed by atoms with Crippen LogP contribution in [-0.4, -0.2) is 37.1 Å². The lowest BCUT2D eigenvalue weighted by atomic mass is 10.1. The summed E-state index contributed by atoms with van der Waals surface area (Å²) in [6.07, 6.45) is 2.08. The van der Waals surface area contributed by atoms with Gasteiger partial charge >= 0.3 is 0 Å². The zero-order chi connectivity index (χ0) is 17.5. The molecule has 1 fully saturated rings. The van der Waals surface area contributed by atoms with E-state index in [-0.39, 0.29) is 12.0 Å². The minimum Gasteiger partial charge on any atom is -0.494 e. The molecule has 4 nitrogen and oxygen atoms in total. The minimum atomic E-state index is -0.0597. The van der Waals surface area contributed by atoms with Crippen molar-refractivity contribution in [3.05, 3.63) is 65.7 Å². The number of ether oxygens (including phenoxy) is 2. The Morgan fingerprint density at radius 2 is 1.92 bits per heavy atom. The molecule has 1 atom stereocenters. The van der Waals surface area contributed by atoms with Crippen molar-refractivity contribution in [2.45, 2.75) is 25.9 Å². The summed E-state index contributed by atoms with van der Waals surface area (Å²) in [5.41, 5.74) is 1.80. The Kier molecular flexibility index (Phi) is 6.07. The van der Waals surface area contributed by atoms with Crippen LogP contribution in [0, 0.1) is 0 Å². The molecule has 1 aliphatic rings. The summed E-state index contributed by atoms with van der Waals surface area (Å²) in [6, 6.07) is 17.5. The maximum Gasteiger partial charge on any atom is 0.254 e. The van der Waals surface area contributed by atoms with Crippen molar-refractivity contribution in [3.63, 3.8) is 0 Å². The molecule has 4 heteroatoms. The van der Waals surface area contributed by atoms with Crippen LogP contribution in [0.25, 0.3) is 0 Å². The summed E-state index contributed by atoms with van der Waals surface area (Å²) in [5.74, 6) is 0.860. The molecule has 3 rings (SSSR count). The Morgan fingerprint density at radius 3 is 2.64 bits per heavy atom. The van der Waals surface area contributed by atoms with E-state index in [4.69, 9.17) is 9.47 Å². The van der Waals surface area contributed by atoms with Gasteiger partial charge in [-0.05, 0) is 36.2 Å². The van der Waals surface area contributed by atoms with Gasteiger partial charge in [-0.25, -0.2) is 0 Å². The fourth-order valence-electron chi connectivity index (χ4n) is 2.91. The highest BCUT2D eigenvalue weighted by atomic mass is 16.5. The molecule has 2 aromatic rings. The van der Waals surface area contributed by atoms with Crippen molar-refractivity contribution >= 4 is 5.91 Å².